The van der Waals surface area contributed by atoms with E-state index >= 15 is 0 Å². The lowest BCUT2D eigenvalue weighted by atomic mass is 9.85. The molecule has 0 spiro atoms. The second kappa shape index (κ2) is 5.73. The normalized spacial score (nSPS) is 18.5. The van der Waals surface area contributed by atoms with Crippen LogP contribution in [0.15, 0.2) is 18.2 Å². The van der Waals surface area contributed by atoms with Crippen molar-refractivity contribution in [1.29, 1.82) is 0 Å². The van der Waals surface area contributed by atoms with Gasteiger partial charge in [0.15, 0.2) is 5.78 Å². The summed E-state index contributed by atoms with van der Waals surface area (Å²) in [5.74, 6) is -1.99. The number of Topliss-reactive ketones (excluding diaryl/α,β-unsaturated/α-hetero) is 1. The van der Waals surface area contributed by atoms with Crippen LogP contribution in [0.4, 0.5) is 17.6 Å². The van der Waals surface area contributed by atoms with Crippen molar-refractivity contribution in [2.45, 2.75) is 24.6 Å². The predicted octanol–water partition coefficient (Wildman–Crippen LogP) is 3.22. The Morgan fingerprint density at radius 2 is 1.90 bits per heavy atom. The zero-order chi connectivity index (χ0) is 15.7. The highest BCUT2D eigenvalue weighted by molar-refractivity contribution is 6.02. The maximum Gasteiger partial charge on any atom is 0.419 e. The number of rotatable bonds is 3. The molecule has 0 saturated carbocycles. The highest BCUT2D eigenvalue weighted by atomic mass is 19.4. The van der Waals surface area contributed by atoms with Crippen LogP contribution in [0.5, 0.6) is 0 Å². The number of hydrogen-bond acceptors (Lipinski definition) is 3. The largest absolute Gasteiger partial charge is 0.419 e. The fraction of sp³-hybridized carbons (Fsp3) is 0.500. The van der Waals surface area contributed by atoms with E-state index in [1.807, 2.05) is 0 Å². The van der Waals surface area contributed by atoms with Crippen LogP contribution in [0.2, 0.25) is 0 Å². The topological polar surface area (TPSA) is 35.5 Å². The van der Waals surface area contributed by atoms with Gasteiger partial charge in [0.2, 0.25) is 0 Å². The molecule has 0 amide bonds. The van der Waals surface area contributed by atoms with Crippen molar-refractivity contribution in [3.8, 4) is 0 Å². The second-order valence-corrected chi connectivity index (χ2v) is 4.83. The molecule has 21 heavy (non-hydrogen) atoms. The molecule has 0 atom stereocenters. The van der Waals surface area contributed by atoms with Crippen molar-refractivity contribution in [2.75, 3.05) is 20.3 Å². The van der Waals surface area contributed by atoms with E-state index in [0.717, 1.165) is 6.07 Å². The highest BCUT2D eigenvalue weighted by Crippen LogP contribution is 2.33. The van der Waals surface area contributed by atoms with Crippen LogP contribution in [-0.2, 0) is 15.7 Å². The number of methoxy groups -OCH3 is 1. The molecule has 0 bridgehead atoms. The molecule has 1 aromatic carbocycles. The summed E-state index contributed by atoms with van der Waals surface area (Å²) in [5, 5.41) is 0. The highest BCUT2D eigenvalue weighted by Gasteiger charge is 2.41. The van der Waals surface area contributed by atoms with Gasteiger partial charge in [-0.05, 0) is 12.1 Å². The first-order chi connectivity index (χ1) is 9.80. The average Bonchev–Trinajstić information content (AvgIpc) is 2.45. The molecule has 0 aromatic heterocycles. The monoisotopic (exact) mass is 306 g/mol. The Balaban J connectivity index is 2.33. The van der Waals surface area contributed by atoms with Crippen LogP contribution >= 0.6 is 0 Å². The summed E-state index contributed by atoms with van der Waals surface area (Å²) in [5.41, 5.74) is -2.69. The van der Waals surface area contributed by atoms with Gasteiger partial charge in [-0.3, -0.25) is 4.79 Å². The molecule has 1 aliphatic rings. The summed E-state index contributed by atoms with van der Waals surface area (Å²) in [6.45, 7) is 0.616. The smallest absolute Gasteiger partial charge is 0.381 e. The van der Waals surface area contributed by atoms with Crippen molar-refractivity contribution < 1.29 is 31.8 Å². The maximum absolute atomic E-state index is 13.6. The Kier molecular flexibility index (Phi) is 4.34. The number of ketones is 1. The van der Waals surface area contributed by atoms with Crippen molar-refractivity contribution in [2.24, 2.45) is 0 Å². The zero-order valence-electron chi connectivity index (χ0n) is 11.3. The van der Waals surface area contributed by atoms with E-state index in [-0.39, 0.29) is 18.4 Å². The number of carbonyl (C=O) groups is 1. The maximum atomic E-state index is 13.6. The predicted molar refractivity (Wildman–Crippen MR) is 65.5 cm³/mol. The molecule has 3 nitrogen and oxygen atoms in total. The third kappa shape index (κ3) is 3.08. The van der Waals surface area contributed by atoms with Crippen molar-refractivity contribution in [1.82, 2.24) is 0 Å². The fourth-order valence-corrected chi connectivity index (χ4v) is 2.37. The molecular weight excluding hydrogens is 292 g/mol. The first-order valence-electron chi connectivity index (χ1n) is 6.34. The average molecular weight is 306 g/mol. The Hall–Kier alpha value is -1.47. The van der Waals surface area contributed by atoms with Crippen molar-refractivity contribution in [3.63, 3.8) is 0 Å². The molecule has 2 rings (SSSR count). The quantitative estimate of drug-likeness (QED) is 0.635. The summed E-state index contributed by atoms with van der Waals surface area (Å²) >= 11 is 0. The molecular formula is C14H14F4O3. The zero-order valence-corrected chi connectivity index (χ0v) is 11.3. The van der Waals surface area contributed by atoms with Crippen LogP contribution in [0, 0.1) is 5.82 Å². The van der Waals surface area contributed by atoms with Crippen molar-refractivity contribution in [3.05, 3.63) is 35.1 Å². The standard InChI is InChI=1S/C14H14F4O3/c1-20-13(4-6-21-7-5-13)12(19)9-2-3-10(11(15)8-9)14(16,17)18/h2-3,8H,4-7H2,1H3. The molecule has 116 valence electrons. The van der Waals surface area contributed by atoms with Gasteiger partial charge in [0.05, 0.1) is 5.56 Å². The van der Waals surface area contributed by atoms with Gasteiger partial charge in [0.1, 0.15) is 11.4 Å². The molecule has 0 radical (unpaired) electrons. The van der Waals surface area contributed by atoms with Gasteiger partial charge in [-0.1, -0.05) is 6.07 Å². The minimum atomic E-state index is -4.79. The van der Waals surface area contributed by atoms with Crippen LogP contribution in [0.1, 0.15) is 28.8 Å². The lowest BCUT2D eigenvalue weighted by Gasteiger charge is -2.34. The Morgan fingerprint density at radius 1 is 1.29 bits per heavy atom. The summed E-state index contributed by atoms with van der Waals surface area (Å²) in [6.07, 6.45) is -4.22. The minimum Gasteiger partial charge on any atom is -0.381 e. The van der Waals surface area contributed by atoms with E-state index in [9.17, 15) is 22.4 Å². The van der Waals surface area contributed by atoms with Crippen molar-refractivity contribution >= 4 is 5.78 Å². The Bertz CT molecular complexity index is 534. The van der Waals surface area contributed by atoms with Crippen LogP contribution in [0.3, 0.4) is 0 Å². The van der Waals surface area contributed by atoms with E-state index in [0.29, 0.717) is 25.3 Å². The van der Waals surface area contributed by atoms with Crippen LogP contribution in [0.25, 0.3) is 0 Å². The lowest BCUT2D eigenvalue weighted by Crippen LogP contribution is -2.45. The Labute approximate surface area is 118 Å². The lowest BCUT2D eigenvalue weighted by molar-refractivity contribution is -0.140. The first-order valence-corrected chi connectivity index (χ1v) is 6.34. The van der Waals surface area contributed by atoms with Gasteiger partial charge in [0.25, 0.3) is 0 Å². The third-order valence-corrected chi connectivity index (χ3v) is 3.64. The molecule has 1 saturated heterocycles. The summed E-state index contributed by atoms with van der Waals surface area (Å²) in [4.78, 5) is 12.4. The van der Waals surface area contributed by atoms with Gasteiger partial charge >= 0.3 is 6.18 Å². The number of hydrogen-bond donors (Lipinski definition) is 0. The summed E-state index contributed by atoms with van der Waals surface area (Å²) in [7, 11) is 1.35. The molecule has 1 heterocycles. The number of alkyl halides is 3. The van der Waals surface area contributed by atoms with E-state index in [2.05, 4.69) is 0 Å². The summed E-state index contributed by atoms with van der Waals surface area (Å²) in [6, 6.07) is 2.16. The Morgan fingerprint density at radius 3 is 2.38 bits per heavy atom. The number of carbonyl (C=O) groups excluding carboxylic acids is 1. The minimum absolute atomic E-state index is 0.135. The molecule has 1 fully saturated rings. The van der Waals surface area contributed by atoms with Crippen LogP contribution < -0.4 is 0 Å². The van der Waals surface area contributed by atoms with Gasteiger partial charge < -0.3 is 9.47 Å². The van der Waals surface area contributed by atoms with Gasteiger partial charge in [-0.25, -0.2) is 4.39 Å². The molecule has 1 aromatic rings. The van der Waals surface area contributed by atoms with Gasteiger partial charge in [-0.15, -0.1) is 0 Å². The first kappa shape index (κ1) is 15.9. The third-order valence-electron chi connectivity index (χ3n) is 3.64. The summed E-state index contributed by atoms with van der Waals surface area (Å²) < 4.78 is 61.5. The van der Waals surface area contributed by atoms with E-state index < -0.39 is 28.9 Å². The van der Waals surface area contributed by atoms with E-state index in [1.54, 1.807) is 0 Å². The molecule has 0 unspecified atom stereocenters. The molecule has 0 N–H and O–H groups in total. The van der Waals surface area contributed by atoms with E-state index in [1.165, 1.54) is 7.11 Å². The molecule has 0 aliphatic carbocycles. The van der Waals surface area contributed by atoms with Crippen LogP contribution in [-0.4, -0.2) is 31.7 Å². The van der Waals surface area contributed by atoms with Gasteiger partial charge in [0, 0.05) is 38.7 Å². The molecule has 1 aliphatic heterocycles. The van der Waals surface area contributed by atoms with E-state index in [4.69, 9.17) is 9.47 Å². The number of halogens is 4. The second-order valence-electron chi connectivity index (χ2n) is 4.83. The molecule has 7 heteroatoms. The number of ether oxygens (including phenoxy) is 2. The van der Waals surface area contributed by atoms with Gasteiger partial charge in [-0.2, -0.15) is 13.2 Å². The fourth-order valence-electron chi connectivity index (χ4n) is 2.37. The number of benzene rings is 1. The SMILES string of the molecule is COC1(C(=O)c2ccc(C(F)(F)F)c(F)c2)CCOCC1.